The van der Waals surface area contributed by atoms with Crippen molar-refractivity contribution in [2.45, 2.75) is 31.9 Å². The van der Waals surface area contributed by atoms with Gasteiger partial charge in [0.2, 0.25) is 5.91 Å². The molecule has 1 fully saturated rings. The van der Waals surface area contributed by atoms with Crippen LogP contribution >= 0.6 is 12.4 Å². The number of nitrogens with two attached hydrogens (primary N) is 1. The number of rotatable bonds is 5. The van der Waals surface area contributed by atoms with Gasteiger partial charge in [-0.25, -0.2) is 0 Å². The fourth-order valence-corrected chi connectivity index (χ4v) is 1.78. The van der Waals surface area contributed by atoms with Crippen molar-refractivity contribution < 1.29 is 9.53 Å². The first-order valence-corrected chi connectivity index (χ1v) is 5.97. The molecule has 17 heavy (non-hydrogen) atoms. The number of amides is 1. The maximum absolute atomic E-state index is 11.6. The number of morpholine rings is 1. The minimum atomic E-state index is -0.383. The molecular formula is C11H24ClN3O2. The lowest BCUT2D eigenvalue weighted by atomic mass is 10.1. The first-order valence-electron chi connectivity index (χ1n) is 5.97. The van der Waals surface area contributed by atoms with E-state index in [2.05, 4.69) is 17.3 Å². The number of carbonyl (C=O) groups is 1. The van der Waals surface area contributed by atoms with Crippen LogP contribution in [-0.2, 0) is 9.53 Å². The number of hydrogen-bond acceptors (Lipinski definition) is 4. The molecule has 3 N–H and O–H groups in total. The fourth-order valence-electron chi connectivity index (χ4n) is 1.78. The van der Waals surface area contributed by atoms with Gasteiger partial charge in [-0.15, -0.1) is 12.4 Å². The van der Waals surface area contributed by atoms with E-state index in [1.165, 1.54) is 0 Å². The van der Waals surface area contributed by atoms with Crippen LogP contribution in [0.2, 0.25) is 0 Å². The summed E-state index contributed by atoms with van der Waals surface area (Å²) in [6.45, 7) is 5.13. The van der Waals surface area contributed by atoms with Crippen LogP contribution in [-0.4, -0.2) is 56.2 Å². The van der Waals surface area contributed by atoms with Crippen molar-refractivity contribution in [1.29, 1.82) is 0 Å². The Balaban J connectivity index is 0.00000256. The predicted molar refractivity (Wildman–Crippen MR) is 70.4 cm³/mol. The molecule has 0 aromatic carbocycles. The highest BCUT2D eigenvalue weighted by molar-refractivity contribution is 5.85. The molecule has 2 unspecified atom stereocenters. The molecule has 1 saturated heterocycles. The van der Waals surface area contributed by atoms with Crippen LogP contribution < -0.4 is 11.1 Å². The van der Waals surface area contributed by atoms with Crippen molar-refractivity contribution in [3.8, 4) is 0 Å². The van der Waals surface area contributed by atoms with Gasteiger partial charge < -0.3 is 20.7 Å². The average Bonchev–Trinajstić information content (AvgIpc) is 2.26. The predicted octanol–water partition coefficient (Wildman–Crippen LogP) is -0.0176. The summed E-state index contributed by atoms with van der Waals surface area (Å²) in [5.41, 5.74) is 5.71. The molecule has 0 bridgehead atoms. The first-order chi connectivity index (χ1) is 7.63. The third-order valence-corrected chi connectivity index (χ3v) is 2.78. The number of nitrogens with zero attached hydrogens (tertiary/aromatic N) is 1. The van der Waals surface area contributed by atoms with E-state index in [1.54, 1.807) is 0 Å². The van der Waals surface area contributed by atoms with Crippen LogP contribution in [0.5, 0.6) is 0 Å². The molecule has 0 aromatic heterocycles. The Labute approximate surface area is 109 Å². The van der Waals surface area contributed by atoms with Crippen molar-refractivity contribution in [3.05, 3.63) is 0 Å². The summed E-state index contributed by atoms with van der Waals surface area (Å²) < 4.78 is 5.54. The van der Waals surface area contributed by atoms with Crippen LogP contribution in [0.1, 0.15) is 19.8 Å². The lowest BCUT2D eigenvalue weighted by molar-refractivity contribution is -0.123. The number of nitrogens with one attached hydrogen (secondary N) is 1. The first kappa shape index (κ1) is 16.6. The summed E-state index contributed by atoms with van der Waals surface area (Å²) in [4.78, 5) is 13.8. The molecule has 0 spiro atoms. The molecule has 1 aliphatic rings. The summed E-state index contributed by atoms with van der Waals surface area (Å²) in [6.07, 6.45) is 1.76. The Morgan fingerprint density at radius 3 is 2.94 bits per heavy atom. The number of ether oxygens (including phenoxy) is 1. The molecule has 1 rings (SSSR count). The van der Waals surface area contributed by atoms with Crippen molar-refractivity contribution in [2.75, 3.05) is 33.3 Å². The summed E-state index contributed by atoms with van der Waals surface area (Å²) in [7, 11) is 2.06. The minimum absolute atomic E-state index is 0. The van der Waals surface area contributed by atoms with Gasteiger partial charge in [0.1, 0.15) is 0 Å². The largest absolute Gasteiger partial charge is 0.374 e. The second-order valence-electron chi connectivity index (χ2n) is 4.40. The van der Waals surface area contributed by atoms with Crippen molar-refractivity contribution in [3.63, 3.8) is 0 Å². The van der Waals surface area contributed by atoms with Crippen molar-refractivity contribution in [2.24, 2.45) is 5.73 Å². The summed E-state index contributed by atoms with van der Waals surface area (Å²) in [5.74, 6) is -0.0707. The van der Waals surface area contributed by atoms with Crippen LogP contribution in [0, 0.1) is 0 Å². The van der Waals surface area contributed by atoms with E-state index >= 15 is 0 Å². The molecule has 2 atom stereocenters. The maximum atomic E-state index is 11.6. The van der Waals surface area contributed by atoms with E-state index in [9.17, 15) is 4.79 Å². The van der Waals surface area contributed by atoms with Crippen molar-refractivity contribution >= 4 is 18.3 Å². The van der Waals surface area contributed by atoms with E-state index in [1.807, 2.05) is 6.92 Å². The average molecular weight is 266 g/mol. The second kappa shape index (κ2) is 8.69. The molecular weight excluding hydrogens is 242 g/mol. The lowest BCUT2D eigenvalue weighted by Gasteiger charge is -2.30. The Hall–Kier alpha value is -0.360. The Morgan fingerprint density at radius 1 is 1.65 bits per heavy atom. The van der Waals surface area contributed by atoms with Gasteiger partial charge in [0.05, 0.1) is 18.8 Å². The normalized spacial score (nSPS) is 22.6. The molecule has 6 heteroatoms. The van der Waals surface area contributed by atoms with Gasteiger partial charge in [-0.05, 0) is 13.5 Å². The molecule has 5 nitrogen and oxygen atoms in total. The van der Waals surface area contributed by atoms with Crippen LogP contribution in [0.15, 0.2) is 0 Å². The Bertz CT molecular complexity index is 229. The highest BCUT2D eigenvalue weighted by Crippen LogP contribution is 2.01. The molecule has 0 saturated carbocycles. The third-order valence-electron chi connectivity index (χ3n) is 2.78. The fraction of sp³-hybridized carbons (Fsp3) is 0.909. The van der Waals surface area contributed by atoms with E-state index in [4.69, 9.17) is 10.5 Å². The summed E-state index contributed by atoms with van der Waals surface area (Å²) in [5, 5.41) is 2.84. The topological polar surface area (TPSA) is 67.6 Å². The monoisotopic (exact) mass is 265 g/mol. The van der Waals surface area contributed by atoms with Crippen LogP contribution in [0.25, 0.3) is 0 Å². The summed E-state index contributed by atoms with van der Waals surface area (Å²) >= 11 is 0. The number of likely N-dealkylation sites (N-methyl/N-ethyl adjacent to an activating group) is 1. The zero-order chi connectivity index (χ0) is 12.0. The Kier molecular flexibility index (Phi) is 8.51. The quantitative estimate of drug-likeness (QED) is 0.733. The molecule has 102 valence electrons. The molecule has 1 heterocycles. The van der Waals surface area contributed by atoms with Gasteiger partial charge >= 0.3 is 0 Å². The number of carbonyl (C=O) groups excluding carboxylic acids is 1. The van der Waals surface area contributed by atoms with Gasteiger partial charge in [-0.2, -0.15) is 0 Å². The van der Waals surface area contributed by atoms with E-state index in [0.29, 0.717) is 6.54 Å². The minimum Gasteiger partial charge on any atom is -0.374 e. The van der Waals surface area contributed by atoms with E-state index < -0.39 is 0 Å². The van der Waals surface area contributed by atoms with Gasteiger partial charge in [0, 0.05) is 19.6 Å². The number of hydrogen-bond donors (Lipinski definition) is 2. The van der Waals surface area contributed by atoms with Gasteiger partial charge in [0.15, 0.2) is 0 Å². The second-order valence-corrected chi connectivity index (χ2v) is 4.40. The third kappa shape index (κ3) is 6.21. The van der Waals surface area contributed by atoms with Gasteiger partial charge in [-0.1, -0.05) is 13.3 Å². The van der Waals surface area contributed by atoms with E-state index in [0.717, 1.165) is 32.5 Å². The molecule has 1 amide bonds. The molecule has 0 aromatic rings. The maximum Gasteiger partial charge on any atom is 0.237 e. The number of halogens is 1. The zero-order valence-corrected chi connectivity index (χ0v) is 11.5. The molecule has 0 aliphatic carbocycles. The highest BCUT2D eigenvalue weighted by atomic mass is 35.5. The van der Waals surface area contributed by atoms with Crippen LogP contribution in [0.4, 0.5) is 0 Å². The smallest absolute Gasteiger partial charge is 0.237 e. The highest BCUT2D eigenvalue weighted by Gasteiger charge is 2.19. The SMILES string of the molecule is CCCC(N)C(=O)NCC1CN(C)CCO1.Cl. The van der Waals surface area contributed by atoms with Gasteiger partial charge in [-0.3, -0.25) is 4.79 Å². The van der Waals surface area contributed by atoms with E-state index in [-0.39, 0.29) is 30.5 Å². The lowest BCUT2D eigenvalue weighted by Crippen LogP contribution is -2.49. The molecule has 0 radical (unpaired) electrons. The Morgan fingerprint density at radius 2 is 2.35 bits per heavy atom. The molecule has 1 aliphatic heterocycles. The zero-order valence-electron chi connectivity index (χ0n) is 10.6. The van der Waals surface area contributed by atoms with Gasteiger partial charge in [0.25, 0.3) is 0 Å². The van der Waals surface area contributed by atoms with Crippen LogP contribution in [0.3, 0.4) is 0 Å². The van der Waals surface area contributed by atoms with Crippen molar-refractivity contribution in [1.82, 2.24) is 10.2 Å². The summed E-state index contributed by atoms with van der Waals surface area (Å²) in [6, 6.07) is -0.383. The standard InChI is InChI=1S/C11H23N3O2.ClH/c1-3-4-10(12)11(15)13-7-9-8-14(2)5-6-16-9;/h9-10H,3-8,12H2,1-2H3,(H,13,15);1H.